The molecule has 2 rings (SSSR count). The molecule has 0 aliphatic carbocycles. The van der Waals surface area contributed by atoms with Crippen LogP contribution in [-0.4, -0.2) is 43.4 Å². The van der Waals surface area contributed by atoms with Gasteiger partial charge in [-0.15, -0.1) is 0 Å². The highest BCUT2D eigenvalue weighted by atomic mass is 19.1. The Morgan fingerprint density at radius 3 is 2.34 bits per heavy atom. The number of amides is 1. The quantitative estimate of drug-likeness (QED) is 0.492. The van der Waals surface area contributed by atoms with Crippen LogP contribution in [0.1, 0.15) is 29.8 Å². The van der Waals surface area contributed by atoms with Crippen LogP contribution in [0.2, 0.25) is 0 Å². The van der Waals surface area contributed by atoms with E-state index in [1.54, 1.807) is 46.1 Å². The molecule has 154 valence electrons. The lowest BCUT2D eigenvalue weighted by Gasteiger charge is -2.20. The van der Waals surface area contributed by atoms with Crippen molar-refractivity contribution in [2.24, 2.45) is 0 Å². The Labute approximate surface area is 168 Å². The van der Waals surface area contributed by atoms with Crippen LogP contribution in [0.15, 0.2) is 42.5 Å². The maximum absolute atomic E-state index is 13.7. The summed E-state index contributed by atoms with van der Waals surface area (Å²) >= 11 is 0. The molecule has 0 spiro atoms. The number of rotatable bonds is 8. The summed E-state index contributed by atoms with van der Waals surface area (Å²) in [6.07, 6.45) is 1.80. The van der Waals surface area contributed by atoms with E-state index in [0.29, 0.717) is 23.7 Å². The van der Waals surface area contributed by atoms with E-state index >= 15 is 0 Å². The monoisotopic (exact) mass is 403 g/mol. The maximum atomic E-state index is 13.7. The predicted octanol–water partition coefficient (Wildman–Crippen LogP) is 4.12. The molecule has 0 bridgehead atoms. The Hall–Kier alpha value is -3.22. The lowest BCUT2D eigenvalue weighted by atomic mass is 10.1. The first kappa shape index (κ1) is 22.1. The van der Waals surface area contributed by atoms with E-state index < -0.39 is 29.1 Å². The highest BCUT2D eigenvalue weighted by Crippen LogP contribution is 2.30. The summed E-state index contributed by atoms with van der Waals surface area (Å²) in [6, 6.07) is 8.12. The van der Waals surface area contributed by atoms with Gasteiger partial charge >= 0.3 is 0 Å². The molecule has 1 atom stereocenters. The van der Waals surface area contributed by atoms with E-state index in [0.717, 1.165) is 18.2 Å². The Kier molecular flexibility index (Phi) is 7.47. The van der Waals surface area contributed by atoms with E-state index in [9.17, 15) is 18.4 Å². The van der Waals surface area contributed by atoms with Crippen molar-refractivity contribution in [1.29, 1.82) is 0 Å². The standard InChI is InChI=1S/C22H23F2NO4/c1-5-28-20-13-15(10-12-19(20)29-14(2)22(27)25(3)4)9-11-18(26)21-16(23)7-6-8-17(21)24/h6-14H,5H2,1-4H3/b11-9+/t14-/m1/s1. The van der Waals surface area contributed by atoms with Gasteiger partial charge in [-0.3, -0.25) is 9.59 Å². The third-order valence-electron chi connectivity index (χ3n) is 4.00. The molecule has 0 aromatic heterocycles. The number of benzene rings is 2. The SMILES string of the molecule is CCOc1cc(/C=C/C(=O)c2c(F)cccc2F)ccc1O[C@H](C)C(=O)N(C)C. The predicted molar refractivity (Wildman–Crippen MR) is 106 cm³/mol. The first-order chi connectivity index (χ1) is 13.7. The number of ketones is 1. The largest absolute Gasteiger partial charge is 0.490 e. The van der Waals surface area contributed by atoms with Gasteiger partial charge in [0, 0.05) is 14.1 Å². The van der Waals surface area contributed by atoms with Gasteiger partial charge in [-0.25, -0.2) is 8.78 Å². The first-order valence-electron chi connectivity index (χ1n) is 9.05. The van der Waals surface area contributed by atoms with Gasteiger partial charge in [0.05, 0.1) is 12.2 Å². The minimum Gasteiger partial charge on any atom is -0.490 e. The zero-order valence-corrected chi connectivity index (χ0v) is 16.7. The highest BCUT2D eigenvalue weighted by Gasteiger charge is 2.19. The molecule has 0 heterocycles. The second-order valence-electron chi connectivity index (χ2n) is 6.43. The Balaban J connectivity index is 2.24. The van der Waals surface area contributed by atoms with Crippen LogP contribution in [0, 0.1) is 11.6 Å². The zero-order valence-electron chi connectivity index (χ0n) is 16.7. The van der Waals surface area contributed by atoms with Crippen molar-refractivity contribution >= 4 is 17.8 Å². The van der Waals surface area contributed by atoms with Gasteiger partial charge in [0.25, 0.3) is 5.91 Å². The number of likely N-dealkylation sites (N-methyl/N-ethyl adjacent to an activating group) is 1. The summed E-state index contributed by atoms with van der Waals surface area (Å²) < 4.78 is 38.7. The van der Waals surface area contributed by atoms with Crippen molar-refractivity contribution < 1.29 is 27.8 Å². The smallest absolute Gasteiger partial charge is 0.262 e. The molecule has 0 fully saturated rings. The summed E-state index contributed by atoms with van der Waals surface area (Å²) in [5.74, 6) is -2.07. The first-order valence-corrected chi connectivity index (χ1v) is 9.05. The molecule has 5 nitrogen and oxygen atoms in total. The molecule has 0 radical (unpaired) electrons. The normalized spacial score (nSPS) is 11.9. The van der Waals surface area contributed by atoms with Crippen LogP contribution in [0.3, 0.4) is 0 Å². The minimum absolute atomic E-state index is 0.200. The zero-order chi connectivity index (χ0) is 21.6. The molecule has 2 aromatic rings. The lowest BCUT2D eigenvalue weighted by Crippen LogP contribution is -2.35. The molecule has 0 N–H and O–H groups in total. The molecule has 0 aliphatic rings. The topological polar surface area (TPSA) is 55.8 Å². The van der Waals surface area contributed by atoms with Gasteiger partial charge in [-0.1, -0.05) is 18.2 Å². The lowest BCUT2D eigenvalue weighted by molar-refractivity contribution is -0.135. The molecule has 29 heavy (non-hydrogen) atoms. The number of nitrogens with zero attached hydrogens (tertiary/aromatic N) is 1. The van der Waals surface area contributed by atoms with E-state index in [1.807, 2.05) is 0 Å². The number of carbonyl (C=O) groups excluding carboxylic acids is 2. The fourth-order valence-corrected chi connectivity index (χ4v) is 2.59. The number of ether oxygens (including phenoxy) is 2. The Bertz CT molecular complexity index is 905. The molecular weight excluding hydrogens is 380 g/mol. The molecule has 2 aromatic carbocycles. The fourth-order valence-electron chi connectivity index (χ4n) is 2.59. The third kappa shape index (κ3) is 5.63. The van der Waals surface area contributed by atoms with Crippen molar-refractivity contribution in [2.45, 2.75) is 20.0 Å². The van der Waals surface area contributed by atoms with Gasteiger partial charge in [-0.05, 0) is 49.8 Å². The van der Waals surface area contributed by atoms with Crippen LogP contribution in [0.4, 0.5) is 8.78 Å². The van der Waals surface area contributed by atoms with Gasteiger partial charge in [0.1, 0.15) is 11.6 Å². The summed E-state index contributed by atoms with van der Waals surface area (Å²) in [6.45, 7) is 3.79. The summed E-state index contributed by atoms with van der Waals surface area (Å²) in [7, 11) is 3.27. The number of hydrogen-bond acceptors (Lipinski definition) is 4. The minimum atomic E-state index is -0.919. The van der Waals surface area contributed by atoms with Crippen LogP contribution in [0.5, 0.6) is 11.5 Å². The van der Waals surface area contributed by atoms with Crippen molar-refractivity contribution in [3.63, 3.8) is 0 Å². The van der Waals surface area contributed by atoms with Crippen LogP contribution in [-0.2, 0) is 4.79 Å². The summed E-state index contributed by atoms with van der Waals surface area (Å²) in [5.41, 5.74) is -0.0396. The Morgan fingerprint density at radius 1 is 1.10 bits per heavy atom. The fraction of sp³-hybridized carbons (Fsp3) is 0.273. The van der Waals surface area contributed by atoms with E-state index in [4.69, 9.17) is 9.47 Å². The van der Waals surface area contributed by atoms with Gasteiger partial charge in [0.2, 0.25) is 0 Å². The average molecular weight is 403 g/mol. The highest BCUT2D eigenvalue weighted by molar-refractivity contribution is 6.07. The molecule has 0 unspecified atom stereocenters. The molecule has 1 amide bonds. The maximum Gasteiger partial charge on any atom is 0.262 e. The second kappa shape index (κ2) is 9.82. The van der Waals surface area contributed by atoms with Crippen LogP contribution in [0.25, 0.3) is 6.08 Å². The molecule has 0 saturated heterocycles. The molecule has 0 aliphatic heterocycles. The third-order valence-corrected chi connectivity index (χ3v) is 4.00. The molecular formula is C22H23F2NO4. The number of carbonyl (C=O) groups is 2. The van der Waals surface area contributed by atoms with Crippen LogP contribution >= 0.6 is 0 Å². The van der Waals surface area contributed by atoms with E-state index in [2.05, 4.69) is 0 Å². The number of allylic oxidation sites excluding steroid dienone is 1. The second-order valence-corrected chi connectivity index (χ2v) is 6.43. The van der Waals surface area contributed by atoms with Gasteiger partial charge in [0.15, 0.2) is 23.4 Å². The van der Waals surface area contributed by atoms with Crippen LogP contribution < -0.4 is 9.47 Å². The molecule has 7 heteroatoms. The van der Waals surface area contributed by atoms with Crippen molar-refractivity contribution in [1.82, 2.24) is 4.90 Å². The summed E-state index contributed by atoms with van der Waals surface area (Å²) in [4.78, 5) is 25.6. The summed E-state index contributed by atoms with van der Waals surface area (Å²) in [5, 5.41) is 0. The van der Waals surface area contributed by atoms with Gasteiger partial charge in [-0.2, -0.15) is 0 Å². The van der Waals surface area contributed by atoms with Crippen molar-refractivity contribution in [2.75, 3.05) is 20.7 Å². The average Bonchev–Trinajstić information content (AvgIpc) is 2.67. The number of hydrogen-bond donors (Lipinski definition) is 0. The molecule has 0 saturated carbocycles. The van der Waals surface area contributed by atoms with Crippen molar-refractivity contribution in [3.05, 3.63) is 65.2 Å². The van der Waals surface area contributed by atoms with E-state index in [-0.39, 0.29) is 5.91 Å². The number of halogens is 2. The Morgan fingerprint density at radius 2 is 1.76 bits per heavy atom. The van der Waals surface area contributed by atoms with E-state index in [1.165, 1.54) is 17.0 Å². The van der Waals surface area contributed by atoms with Crippen molar-refractivity contribution in [3.8, 4) is 11.5 Å². The van der Waals surface area contributed by atoms with Gasteiger partial charge < -0.3 is 14.4 Å².